The van der Waals surface area contributed by atoms with Crippen LogP contribution in [0.3, 0.4) is 0 Å². The van der Waals surface area contributed by atoms with Gasteiger partial charge in [-0.25, -0.2) is 0 Å². The van der Waals surface area contributed by atoms with Gasteiger partial charge < -0.3 is 15.5 Å². The molecule has 0 fully saturated rings. The summed E-state index contributed by atoms with van der Waals surface area (Å²) in [5, 5.41) is 7.05. The molecule has 2 N–H and O–H groups in total. The van der Waals surface area contributed by atoms with Gasteiger partial charge in [-0.05, 0) is 81.4 Å². The highest BCUT2D eigenvalue weighted by Gasteiger charge is 2.08. The smallest absolute Gasteiger partial charge is 0.175 e. The van der Waals surface area contributed by atoms with Crippen LogP contribution in [-0.2, 0) is 6.42 Å². The molecule has 4 heteroatoms. The number of benzene rings is 2. The highest BCUT2D eigenvalue weighted by Crippen LogP contribution is 2.20. The molecule has 24 heavy (non-hydrogen) atoms. The van der Waals surface area contributed by atoms with Gasteiger partial charge >= 0.3 is 0 Å². The van der Waals surface area contributed by atoms with E-state index in [1.54, 1.807) is 0 Å². The minimum absolute atomic E-state index is 0.489. The maximum atomic E-state index is 5.40. The molecule has 3 nitrogen and oxygen atoms in total. The molecule has 0 aromatic heterocycles. The van der Waals surface area contributed by atoms with Crippen molar-refractivity contribution in [3.63, 3.8) is 0 Å². The van der Waals surface area contributed by atoms with Crippen molar-refractivity contribution in [1.29, 1.82) is 0 Å². The van der Waals surface area contributed by atoms with Gasteiger partial charge in [0.15, 0.2) is 5.11 Å². The molecule has 0 aliphatic carbocycles. The van der Waals surface area contributed by atoms with Crippen LogP contribution in [-0.4, -0.2) is 17.7 Å². The number of anilines is 3. The summed E-state index contributed by atoms with van der Waals surface area (Å²) in [6, 6.07) is 17.2. The Labute approximate surface area is 151 Å². The topological polar surface area (TPSA) is 27.3 Å². The fourth-order valence-corrected chi connectivity index (χ4v) is 2.94. The van der Waals surface area contributed by atoms with Crippen LogP contribution in [0.15, 0.2) is 48.5 Å². The summed E-state index contributed by atoms with van der Waals surface area (Å²) in [6.45, 7) is 9.74. The van der Waals surface area contributed by atoms with Crippen molar-refractivity contribution in [2.75, 3.05) is 22.1 Å². The maximum Gasteiger partial charge on any atom is 0.175 e. The highest BCUT2D eigenvalue weighted by molar-refractivity contribution is 7.80. The van der Waals surface area contributed by atoms with Crippen molar-refractivity contribution in [3.05, 3.63) is 54.1 Å². The Morgan fingerprint density at radius 3 is 1.83 bits per heavy atom. The van der Waals surface area contributed by atoms with Crippen LogP contribution >= 0.6 is 12.2 Å². The molecule has 0 amide bonds. The van der Waals surface area contributed by atoms with Gasteiger partial charge in [0, 0.05) is 29.6 Å². The van der Waals surface area contributed by atoms with Crippen LogP contribution in [0.4, 0.5) is 17.1 Å². The summed E-state index contributed by atoms with van der Waals surface area (Å²) in [6.07, 6.45) is 1.04. The van der Waals surface area contributed by atoms with Crippen LogP contribution in [0.25, 0.3) is 0 Å². The van der Waals surface area contributed by atoms with Gasteiger partial charge in [0.1, 0.15) is 0 Å². The zero-order chi connectivity index (χ0) is 17.5. The SMILES string of the molecule is CCc1ccc(NC(=S)Nc2ccc(N(CC)C(C)C)cc2)cc1. The van der Waals surface area contributed by atoms with Crippen LogP contribution in [0.2, 0.25) is 0 Å². The number of hydrogen-bond acceptors (Lipinski definition) is 2. The number of nitrogens with one attached hydrogen (secondary N) is 2. The van der Waals surface area contributed by atoms with Crippen LogP contribution in [0.1, 0.15) is 33.3 Å². The first-order valence-corrected chi connectivity index (χ1v) is 8.98. The van der Waals surface area contributed by atoms with E-state index in [-0.39, 0.29) is 0 Å². The second kappa shape index (κ2) is 8.69. The van der Waals surface area contributed by atoms with E-state index in [0.29, 0.717) is 11.2 Å². The van der Waals surface area contributed by atoms with Gasteiger partial charge in [-0.3, -0.25) is 0 Å². The van der Waals surface area contributed by atoms with Gasteiger partial charge in [-0.2, -0.15) is 0 Å². The van der Waals surface area contributed by atoms with E-state index >= 15 is 0 Å². The number of hydrogen-bond donors (Lipinski definition) is 2. The second-order valence-corrected chi connectivity index (χ2v) is 6.46. The monoisotopic (exact) mass is 341 g/mol. The summed E-state index contributed by atoms with van der Waals surface area (Å²) in [7, 11) is 0. The van der Waals surface area contributed by atoms with Gasteiger partial charge in [0.05, 0.1) is 0 Å². The molecule has 0 spiro atoms. The normalized spacial score (nSPS) is 10.5. The Hall–Kier alpha value is -2.07. The molecule has 2 aromatic rings. The Bertz CT molecular complexity index is 648. The fourth-order valence-electron chi connectivity index (χ4n) is 2.70. The summed E-state index contributed by atoms with van der Waals surface area (Å²) < 4.78 is 0. The molecular weight excluding hydrogens is 314 g/mol. The molecule has 2 rings (SSSR count). The first-order valence-electron chi connectivity index (χ1n) is 8.57. The Kier molecular flexibility index (Phi) is 6.62. The summed E-state index contributed by atoms with van der Waals surface area (Å²) in [5.41, 5.74) is 4.53. The van der Waals surface area contributed by atoms with E-state index in [4.69, 9.17) is 12.2 Å². The average Bonchev–Trinajstić information content (AvgIpc) is 2.57. The molecule has 0 unspecified atom stereocenters. The van der Waals surface area contributed by atoms with E-state index in [1.165, 1.54) is 11.3 Å². The van der Waals surface area contributed by atoms with Crippen molar-refractivity contribution in [1.82, 2.24) is 0 Å². The van der Waals surface area contributed by atoms with E-state index in [1.807, 2.05) is 0 Å². The number of aryl methyl sites for hydroxylation is 1. The molecule has 0 radical (unpaired) electrons. The van der Waals surface area contributed by atoms with E-state index < -0.39 is 0 Å². The number of rotatable bonds is 6. The van der Waals surface area contributed by atoms with Crippen LogP contribution < -0.4 is 15.5 Å². The quantitative estimate of drug-likeness (QED) is 0.698. The third-order valence-corrected chi connectivity index (χ3v) is 4.25. The van der Waals surface area contributed by atoms with E-state index in [0.717, 1.165) is 24.3 Å². The fraction of sp³-hybridized carbons (Fsp3) is 0.350. The van der Waals surface area contributed by atoms with Crippen LogP contribution in [0, 0.1) is 0 Å². The third-order valence-electron chi connectivity index (χ3n) is 4.04. The van der Waals surface area contributed by atoms with Gasteiger partial charge in [0.25, 0.3) is 0 Å². The molecule has 0 saturated carbocycles. The zero-order valence-corrected chi connectivity index (χ0v) is 15.8. The summed E-state index contributed by atoms with van der Waals surface area (Å²) in [4.78, 5) is 2.36. The first kappa shape index (κ1) is 18.3. The Morgan fingerprint density at radius 1 is 0.917 bits per heavy atom. The standard InChI is InChI=1S/C20H27N3S/c1-5-16-7-9-17(10-8-16)21-20(24)22-18-11-13-19(14-12-18)23(6-2)15(3)4/h7-15H,5-6H2,1-4H3,(H2,21,22,24). The van der Waals surface area contributed by atoms with E-state index in [9.17, 15) is 0 Å². The molecule has 0 atom stereocenters. The average molecular weight is 342 g/mol. The molecule has 0 aliphatic rings. The lowest BCUT2D eigenvalue weighted by Gasteiger charge is -2.27. The largest absolute Gasteiger partial charge is 0.369 e. The molecular formula is C20H27N3S. The lowest BCUT2D eigenvalue weighted by atomic mass is 10.1. The molecule has 0 bridgehead atoms. The molecule has 2 aromatic carbocycles. The summed E-state index contributed by atoms with van der Waals surface area (Å²) in [5.74, 6) is 0. The molecule has 0 aliphatic heterocycles. The zero-order valence-electron chi connectivity index (χ0n) is 15.0. The second-order valence-electron chi connectivity index (χ2n) is 6.06. The minimum Gasteiger partial charge on any atom is -0.369 e. The van der Waals surface area contributed by atoms with Crippen molar-refractivity contribution >= 4 is 34.4 Å². The van der Waals surface area contributed by atoms with E-state index in [2.05, 4.69) is 91.8 Å². The van der Waals surface area contributed by atoms with Gasteiger partial charge in [0.2, 0.25) is 0 Å². The molecule has 0 heterocycles. The molecule has 0 saturated heterocycles. The molecule has 128 valence electrons. The van der Waals surface area contributed by atoms with Crippen molar-refractivity contribution in [3.8, 4) is 0 Å². The van der Waals surface area contributed by atoms with Crippen molar-refractivity contribution in [2.45, 2.75) is 40.2 Å². The summed E-state index contributed by atoms with van der Waals surface area (Å²) >= 11 is 5.40. The van der Waals surface area contributed by atoms with Crippen molar-refractivity contribution < 1.29 is 0 Å². The number of thiocarbonyl (C=S) groups is 1. The Morgan fingerprint density at radius 2 is 1.42 bits per heavy atom. The van der Waals surface area contributed by atoms with Gasteiger partial charge in [-0.15, -0.1) is 0 Å². The number of nitrogens with zero attached hydrogens (tertiary/aromatic N) is 1. The van der Waals surface area contributed by atoms with Crippen molar-refractivity contribution in [2.24, 2.45) is 0 Å². The maximum absolute atomic E-state index is 5.40. The highest BCUT2D eigenvalue weighted by atomic mass is 32.1. The Balaban J connectivity index is 1.96. The third kappa shape index (κ3) is 4.96. The van der Waals surface area contributed by atoms with Gasteiger partial charge in [-0.1, -0.05) is 19.1 Å². The minimum atomic E-state index is 0.489. The van der Waals surface area contributed by atoms with Crippen LogP contribution in [0.5, 0.6) is 0 Å². The predicted molar refractivity (Wildman–Crippen MR) is 110 cm³/mol. The first-order chi connectivity index (χ1) is 11.5. The predicted octanol–water partition coefficient (Wildman–Crippen LogP) is 5.29. The lowest BCUT2D eigenvalue weighted by molar-refractivity contribution is 0.704. The lowest BCUT2D eigenvalue weighted by Crippen LogP contribution is -2.30.